The van der Waals surface area contributed by atoms with Crippen molar-refractivity contribution >= 4 is 23.7 Å². The molecule has 4 N–H and O–H groups in total. The average Bonchev–Trinajstić information content (AvgIpc) is 3.17. The van der Waals surface area contributed by atoms with E-state index in [1.807, 2.05) is 48.5 Å². The first-order valence-corrected chi connectivity index (χ1v) is 10.9. The number of aliphatic carboxylic acids is 1. The van der Waals surface area contributed by atoms with E-state index in [-0.39, 0.29) is 30.2 Å². The summed E-state index contributed by atoms with van der Waals surface area (Å²) in [5.41, 5.74) is 3.90. The molecule has 0 aromatic heterocycles. The molecule has 0 saturated carbocycles. The number of fused-ring (bicyclic) bond motifs is 3. The number of hydrogen-bond donors (Lipinski definition) is 4. The molecule has 0 saturated heterocycles. The second-order valence-electron chi connectivity index (χ2n) is 8.02. The Morgan fingerprint density at radius 3 is 2.20 bits per heavy atom. The van der Waals surface area contributed by atoms with Gasteiger partial charge in [-0.1, -0.05) is 48.5 Å². The number of amides is 2. The smallest absolute Gasteiger partial charge is 0.411 e. The van der Waals surface area contributed by atoms with E-state index in [2.05, 4.69) is 10.6 Å². The lowest BCUT2D eigenvalue weighted by Crippen LogP contribution is -2.41. The summed E-state index contributed by atoms with van der Waals surface area (Å²) in [4.78, 5) is 36.5. The van der Waals surface area contributed by atoms with E-state index >= 15 is 0 Å². The van der Waals surface area contributed by atoms with Crippen molar-refractivity contribution in [2.24, 2.45) is 0 Å². The number of carbonyl (C=O) groups is 3. The Labute approximate surface area is 200 Å². The molecule has 2 amide bonds. The third-order valence-corrected chi connectivity index (χ3v) is 5.83. The summed E-state index contributed by atoms with van der Waals surface area (Å²) in [5.74, 6) is -3.18. The van der Waals surface area contributed by atoms with Gasteiger partial charge in [0, 0.05) is 18.9 Å². The van der Waals surface area contributed by atoms with E-state index in [0.717, 1.165) is 34.4 Å². The van der Waals surface area contributed by atoms with E-state index < -0.39 is 36.4 Å². The molecule has 8 nitrogen and oxygen atoms in total. The summed E-state index contributed by atoms with van der Waals surface area (Å²) in [6.07, 6.45) is -1.08. The maximum Gasteiger partial charge on any atom is 0.411 e. The summed E-state index contributed by atoms with van der Waals surface area (Å²) in [6.45, 7) is -0.425. The van der Waals surface area contributed by atoms with Crippen molar-refractivity contribution in [3.05, 3.63) is 89.2 Å². The van der Waals surface area contributed by atoms with Gasteiger partial charge in [0.15, 0.2) is 0 Å². The Morgan fingerprint density at radius 1 is 0.971 bits per heavy atom. The molecule has 4 rings (SSSR count). The van der Waals surface area contributed by atoms with Crippen LogP contribution >= 0.6 is 0 Å². The van der Waals surface area contributed by atoms with E-state index in [0.29, 0.717) is 0 Å². The lowest BCUT2D eigenvalue weighted by molar-refractivity contribution is -0.139. The highest BCUT2D eigenvalue weighted by atomic mass is 19.1. The van der Waals surface area contributed by atoms with Crippen molar-refractivity contribution in [1.82, 2.24) is 5.32 Å². The molecule has 35 heavy (non-hydrogen) atoms. The number of rotatable bonds is 8. The molecule has 3 aromatic carbocycles. The standard InChI is InChI=1S/C26H23FN2O6/c27-15-9-10-22(20(13-15)24(31)28-23(11-12-30)25(32)33)29-26(34)35-14-21-18-7-3-1-5-16(18)17-6-2-4-8-19(17)21/h1-10,13,21,23,30H,11-12,14H2,(H,28,31)(H,29,34)(H,32,33)/t23-/m1/s1. The highest BCUT2D eigenvalue weighted by Gasteiger charge is 2.29. The predicted octanol–water partition coefficient (Wildman–Crippen LogP) is 3.75. The summed E-state index contributed by atoms with van der Waals surface area (Å²) >= 11 is 0. The Hall–Kier alpha value is -4.24. The first-order chi connectivity index (χ1) is 16.9. The molecule has 1 aliphatic rings. The predicted molar refractivity (Wildman–Crippen MR) is 126 cm³/mol. The van der Waals surface area contributed by atoms with Crippen LogP contribution in [0.25, 0.3) is 11.1 Å². The summed E-state index contributed by atoms with van der Waals surface area (Å²) in [5, 5.41) is 22.9. The van der Waals surface area contributed by atoms with Crippen LogP contribution in [-0.2, 0) is 9.53 Å². The van der Waals surface area contributed by atoms with Gasteiger partial charge in [-0.05, 0) is 40.5 Å². The first kappa shape index (κ1) is 23.9. The number of carboxylic acids is 1. The maximum atomic E-state index is 13.8. The van der Waals surface area contributed by atoms with Crippen LogP contribution in [0.15, 0.2) is 66.7 Å². The topological polar surface area (TPSA) is 125 Å². The molecule has 0 unspecified atom stereocenters. The lowest BCUT2D eigenvalue weighted by atomic mass is 9.98. The molecule has 0 heterocycles. The monoisotopic (exact) mass is 478 g/mol. The average molecular weight is 478 g/mol. The number of ether oxygens (including phenoxy) is 1. The van der Waals surface area contributed by atoms with Crippen LogP contribution in [0.4, 0.5) is 14.9 Å². The van der Waals surface area contributed by atoms with Crippen LogP contribution < -0.4 is 10.6 Å². The number of aliphatic hydroxyl groups is 1. The van der Waals surface area contributed by atoms with Crippen LogP contribution in [0.5, 0.6) is 0 Å². The molecule has 0 aliphatic heterocycles. The minimum absolute atomic E-state index is 0.0418. The van der Waals surface area contributed by atoms with Crippen LogP contribution in [0, 0.1) is 5.82 Å². The highest BCUT2D eigenvalue weighted by Crippen LogP contribution is 2.44. The molecular weight excluding hydrogens is 455 g/mol. The van der Waals surface area contributed by atoms with Gasteiger partial charge in [-0.25, -0.2) is 14.0 Å². The minimum Gasteiger partial charge on any atom is -0.480 e. The summed E-state index contributed by atoms with van der Waals surface area (Å²) in [6, 6.07) is 17.5. The molecule has 180 valence electrons. The van der Waals surface area contributed by atoms with E-state index in [1.54, 1.807) is 0 Å². The fourth-order valence-corrected chi connectivity index (χ4v) is 4.18. The molecule has 3 aromatic rings. The van der Waals surface area contributed by atoms with Gasteiger partial charge in [-0.2, -0.15) is 0 Å². The highest BCUT2D eigenvalue weighted by molar-refractivity contribution is 6.03. The van der Waals surface area contributed by atoms with Gasteiger partial charge in [-0.3, -0.25) is 10.1 Å². The van der Waals surface area contributed by atoms with Crippen LogP contribution in [-0.4, -0.2) is 47.4 Å². The van der Waals surface area contributed by atoms with Crippen LogP contribution in [0.1, 0.15) is 33.8 Å². The van der Waals surface area contributed by atoms with E-state index in [4.69, 9.17) is 9.84 Å². The zero-order valence-corrected chi connectivity index (χ0v) is 18.5. The van der Waals surface area contributed by atoms with Gasteiger partial charge < -0.3 is 20.3 Å². The molecule has 0 radical (unpaired) electrons. The Bertz CT molecular complexity index is 1230. The van der Waals surface area contributed by atoms with Crippen LogP contribution in [0.2, 0.25) is 0 Å². The molecule has 1 atom stereocenters. The van der Waals surface area contributed by atoms with Crippen molar-refractivity contribution in [3.8, 4) is 11.1 Å². The largest absolute Gasteiger partial charge is 0.480 e. The summed E-state index contributed by atoms with van der Waals surface area (Å²) < 4.78 is 19.3. The van der Waals surface area contributed by atoms with Crippen molar-refractivity contribution in [2.75, 3.05) is 18.5 Å². The lowest BCUT2D eigenvalue weighted by Gasteiger charge is -2.17. The maximum absolute atomic E-state index is 13.8. The molecule has 1 aliphatic carbocycles. The molecule has 9 heteroatoms. The van der Waals surface area contributed by atoms with Gasteiger partial charge in [0.25, 0.3) is 5.91 Å². The number of nitrogens with one attached hydrogen (secondary N) is 2. The number of halogens is 1. The molecule has 0 spiro atoms. The summed E-state index contributed by atoms with van der Waals surface area (Å²) in [7, 11) is 0. The van der Waals surface area contributed by atoms with Gasteiger partial charge in [0.2, 0.25) is 0 Å². The van der Waals surface area contributed by atoms with Gasteiger partial charge in [0.1, 0.15) is 18.5 Å². The van der Waals surface area contributed by atoms with Crippen molar-refractivity contribution in [1.29, 1.82) is 0 Å². The molecular formula is C26H23FN2O6. The third kappa shape index (κ3) is 5.15. The van der Waals surface area contributed by atoms with E-state index in [1.165, 1.54) is 6.07 Å². The SMILES string of the molecule is O=C(Nc1ccc(F)cc1C(=O)N[C@H](CCO)C(=O)O)OCC1c2ccccc2-c2ccccc21. The Balaban J connectivity index is 1.48. The zero-order chi connectivity index (χ0) is 24.9. The number of carbonyl (C=O) groups excluding carboxylic acids is 2. The Morgan fingerprint density at radius 2 is 1.60 bits per heavy atom. The number of benzene rings is 3. The molecule has 0 bridgehead atoms. The zero-order valence-electron chi connectivity index (χ0n) is 18.5. The number of aliphatic hydroxyl groups excluding tert-OH is 1. The quantitative estimate of drug-likeness (QED) is 0.391. The second kappa shape index (κ2) is 10.4. The fraction of sp³-hybridized carbons (Fsp3) is 0.192. The second-order valence-corrected chi connectivity index (χ2v) is 8.02. The van der Waals surface area contributed by atoms with E-state index in [9.17, 15) is 23.9 Å². The van der Waals surface area contributed by atoms with Gasteiger partial charge in [-0.15, -0.1) is 0 Å². The molecule has 0 fully saturated rings. The van der Waals surface area contributed by atoms with Crippen molar-refractivity contribution in [3.63, 3.8) is 0 Å². The van der Waals surface area contributed by atoms with Gasteiger partial charge >= 0.3 is 12.1 Å². The minimum atomic E-state index is -1.38. The number of carboxylic acid groups (broad SMARTS) is 1. The Kier molecular flexibility index (Phi) is 7.07. The number of hydrogen-bond acceptors (Lipinski definition) is 5. The van der Waals surface area contributed by atoms with Crippen molar-refractivity contribution < 1.29 is 33.7 Å². The third-order valence-electron chi connectivity index (χ3n) is 5.83. The normalized spacial score (nSPS) is 12.9. The van der Waals surface area contributed by atoms with Crippen LogP contribution in [0.3, 0.4) is 0 Å². The van der Waals surface area contributed by atoms with Gasteiger partial charge in [0.05, 0.1) is 11.3 Å². The number of anilines is 1. The first-order valence-electron chi connectivity index (χ1n) is 10.9. The van der Waals surface area contributed by atoms with Crippen molar-refractivity contribution in [2.45, 2.75) is 18.4 Å². The fourth-order valence-electron chi connectivity index (χ4n) is 4.18.